The highest BCUT2D eigenvalue weighted by atomic mass is 31.2. The quantitative estimate of drug-likeness (QED) is 0.417. The minimum atomic E-state index is -3.56. The number of ether oxygens (including phenoxy) is 2. The van der Waals surface area contributed by atoms with Crippen LogP contribution in [0.15, 0.2) is 11.8 Å². The molecule has 0 N–H and O–H groups in total. The largest absolute Gasteiger partial charge is 0.529 e. The number of fused-ring (bicyclic) bond motifs is 5. The van der Waals surface area contributed by atoms with Gasteiger partial charge in [-0.3, -0.25) is 9.05 Å². The molecule has 6 atom stereocenters. The maximum Gasteiger partial charge on any atom is 0.529 e. The fourth-order valence-electron chi connectivity index (χ4n) is 8.15. The Labute approximate surface area is 193 Å². The van der Waals surface area contributed by atoms with Crippen LogP contribution in [-0.2, 0) is 27.6 Å². The van der Waals surface area contributed by atoms with E-state index < -0.39 is 7.82 Å². The van der Waals surface area contributed by atoms with Gasteiger partial charge in [0.15, 0.2) is 5.79 Å². The summed E-state index contributed by atoms with van der Waals surface area (Å²) in [5.41, 5.74) is 0.280. The molecule has 4 aliphatic carbocycles. The molecule has 0 aromatic heterocycles. The van der Waals surface area contributed by atoms with Crippen molar-refractivity contribution < 1.29 is 27.6 Å². The Balaban J connectivity index is 1.33. The molecule has 0 radical (unpaired) electrons. The average Bonchev–Trinajstić information content (AvgIpc) is 3.34. The van der Waals surface area contributed by atoms with Gasteiger partial charge in [-0.2, -0.15) is 0 Å². The Morgan fingerprint density at radius 2 is 1.72 bits per heavy atom. The van der Waals surface area contributed by atoms with E-state index in [2.05, 4.69) is 19.9 Å². The van der Waals surface area contributed by atoms with E-state index >= 15 is 0 Å². The third-order valence-corrected chi connectivity index (χ3v) is 11.3. The lowest BCUT2D eigenvalue weighted by atomic mass is 9.45. The van der Waals surface area contributed by atoms with Crippen LogP contribution < -0.4 is 0 Å². The second-order valence-corrected chi connectivity index (χ2v) is 12.7. The van der Waals surface area contributed by atoms with Crippen molar-refractivity contribution in [2.75, 3.05) is 26.4 Å². The lowest BCUT2D eigenvalue weighted by molar-refractivity contribution is -0.228. The first kappa shape index (κ1) is 23.4. The van der Waals surface area contributed by atoms with Crippen LogP contribution in [0.4, 0.5) is 0 Å². The predicted molar refractivity (Wildman–Crippen MR) is 122 cm³/mol. The molecular formula is C25H41O6P. The summed E-state index contributed by atoms with van der Waals surface area (Å²) < 4.78 is 42.2. The number of allylic oxidation sites excluding steroid dienone is 2. The van der Waals surface area contributed by atoms with Crippen molar-refractivity contribution in [3.63, 3.8) is 0 Å². The molecular weight excluding hydrogens is 427 g/mol. The molecule has 5 rings (SSSR count). The summed E-state index contributed by atoms with van der Waals surface area (Å²) >= 11 is 0. The van der Waals surface area contributed by atoms with Crippen molar-refractivity contribution in [2.45, 2.75) is 84.8 Å². The predicted octanol–water partition coefficient (Wildman–Crippen LogP) is 6.46. The molecule has 1 saturated heterocycles. The fraction of sp³-hybridized carbons (Fsp3) is 0.920. The van der Waals surface area contributed by atoms with Gasteiger partial charge in [-0.25, -0.2) is 4.57 Å². The number of rotatable bonds is 6. The minimum absolute atomic E-state index is 0.0816. The molecule has 1 aliphatic heterocycles. The molecule has 5 aliphatic rings. The SMILES string of the molecule is CCOP(=O)(OCC)OC1=CC[C@H]2[C@@H]3CC[C@H]4CC5(CC[C@]4(C)[C@H]3CC[C@]12C)OCCO5. The van der Waals surface area contributed by atoms with Gasteiger partial charge in [0.05, 0.1) is 26.4 Å². The fourth-order valence-corrected chi connectivity index (χ4v) is 9.49. The highest BCUT2D eigenvalue weighted by Crippen LogP contribution is 2.69. The van der Waals surface area contributed by atoms with Crippen LogP contribution in [0.25, 0.3) is 0 Å². The maximum atomic E-state index is 13.1. The van der Waals surface area contributed by atoms with Crippen LogP contribution in [-0.4, -0.2) is 32.2 Å². The summed E-state index contributed by atoms with van der Waals surface area (Å²) in [6.45, 7) is 10.6. The summed E-state index contributed by atoms with van der Waals surface area (Å²) in [6, 6.07) is 0. The smallest absolute Gasteiger partial charge is 0.408 e. The van der Waals surface area contributed by atoms with Gasteiger partial charge in [0.1, 0.15) is 5.76 Å². The topological polar surface area (TPSA) is 63.2 Å². The molecule has 4 fully saturated rings. The Morgan fingerprint density at radius 1 is 1.00 bits per heavy atom. The molecule has 7 heteroatoms. The van der Waals surface area contributed by atoms with Crippen LogP contribution in [0, 0.1) is 34.5 Å². The number of phosphoric ester groups is 1. The van der Waals surface area contributed by atoms with Gasteiger partial charge in [0, 0.05) is 18.3 Å². The van der Waals surface area contributed by atoms with Crippen molar-refractivity contribution in [1.82, 2.24) is 0 Å². The van der Waals surface area contributed by atoms with Gasteiger partial charge < -0.3 is 14.0 Å². The number of phosphoric acid groups is 1. The normalized spacial score (nSPS) is 42.8. The highest BCUT2D eigenvalue weighted by molar-refractivity contribution is 7.48. The molecule has 6 nitrogen and oxygen atoms in total. The Morgan fingerprint density at radius 3 is 2.41 bits per heavy atom. The standard InChI is InChI=1S/C25H41O6P/c1-5-29-32(26,30-6-2)31-22-10-9-20-19-8-7-18-17-25(27-15-16-28-25)14-13-23(18,3)21(19)11-12-24(20,22)4/h10,18-21H,5-9,11-17H2,1-4H3/t18-,19-,20-,21-,23-,24-/m0/s1. The summed E-state index contributed by atoms with van der Waals surface area (Å²) in [7, 11) is -3.56. The van der Waals surface area contributed by atoms with E-state index in [0.29, 0.717) is 36.4 Å². The first-order valence-electron chi connectivity index (χ1n) is 12.8. The summed E-state index contributed by atoms with van der Waals surface area (Å²) in [4.78, 5) is 0. The second-order valence-electron chi connectivity index (χ2n) is 11.1. The maximum absolute atomic E-state index is 13.1. The lowest BCUT2D eigenvalue weighted by Gasteiger charge is -2.61. The average molecular weight is 469 g/mol. The van der Waals surface area contributed by atoms with Crippen LogP contribution >= 0.6 is 7.82 Å². The number of hydrogen-bond donors (Lipinski definition) is 0. The third kappa shape index (κ3) is 3.64. The van der Waals surface area contributed by atoms with Crippen molar-refractivity contribution in [3.05, 3.63) is 11.8 Å². The summed E-state index contributed by atoms with van der Waals surface area (Å²) in [5.74, 6) is 3.19. The van der Waals surface area contributed by atoms with Crippen LogP contribution in [0.3, 0.4) is 0 Å². The van der Waals surface area contributed by atoms with Crippen molar-refractivity contribution >= 4 is 7.82 Å². The summed E-state index contributed by atoms with van der Waals surface area (Å²) in [5, 5.41) is 0. The van der Waals surface area contributed by atoms with Gasteiger partial charge in [-0.1, -0.05) is 13.8 Å². The van der Waals surface area contributed by atoms with E-state index in [4.69, 9.17) is 23.0 Å². The van der Waals surface area contributed by atoms with Crippen molar-refractivity contribution in [1.29, 1.82) is 0 Å². The van der Waals surface area contributed by atoms with Crippen LogP contribution in [0.1, 0.15) is 79.1 Å². The van der Waals surface area contributed by atoms with Crippen LogP contribution in [0.2, 0.25) is 0 Å². The lowest BCUT2D eigenvalue weighted by Crippen LogP contribution is -2.56. The molecule has 0 bridgehead atoms. The monoisotopic (exact) mass is 468 g/mol. The van der Waals surface area contributed by atoms with E-state index in [-0.39, 0.29) is 11.2 Å². The van der Waals surface area contributed by atoms with Gasteiger partial charge in [-0.15, -0.1) is 0 Å². The second kappa shape index (κ2) is 8.37. The molecule has 0 aromatic carbocycles. The molecule has 32 heavy (non-hydrogen) atoms. The molecule has 0 amide bonds. The van der Waals surface area contributed by atoms with Gasteiger partial charge in [0.2, 0.25) is 0 Å². The van der Waals surface area contributed by atoms with E-state index in [1.807, 2.05) is 13.8 Å². The zero-order chi connectivity index (χ0) is 22.6. The first-order valence-corrected chi connectivity index (χ1v) is 14.3. The third-order valence-electron chi connectivity index (χ3n) is 9.78. The van der Waals surface area contributed by atoms with E-state index in [9.17, 15) is 4.57 Å². The summed E-state index contributed by atoms with van der Waals surface area (Å²) in [6.07, 6.45) is 11.3. The number of hydrogen-bond acceptors (Lipinski definition) is 6. The first-order chi connectivity index (χ1) is 15.3. The van der Waals surface area contributed by atoms with Gasteiger partial charge >= 0.3 is 7.82 Å². The van der Waals surface area contributed by atoms with Gasteiger partial charge in [-0.05, 0) is 87.5 Å². The zero-order valence-corrected chi connectivity index (χ0v) is 21.2. The molecule has 182 valence electrons. The highest BCUT2D eigenvalue weighted by Gasteiger charge is 2.61. The zero-order valence-electron chi connectivity index (χ0n) is 20.3. The van der Waals surface area contributed by atoms with E-state index in [1.54, 1.807) is 0 Å². The van der Waals surface area contributed by atoms with Gasteiger partial charge in [0.25, 0.3) is 0 Å². The Kier molecular flexibility index (Phi) is 6.11. The Bertz CT molecular complexity index is 781. The van der Waals surface area contributed by atoms with Crippen molar-refractivity contribution in [3.8, 4) is 0 Å². The van der Waals surface area contributed by atoms with Crippen molar-refractivity contribution in [2.24, 2.45) is 34.5 Å². The molecule has 0 aromatic rings. The molecule has 0 unspecified atom stereocenters. The van der Waals surface area contributed by atoms with E-state index in [1.165, 1.54) is 25.7 Å². The van der Waals surface area contributed by atoms with E-state index in [0.717, 1.165) is 50.6 Å². The minimum Gasteiger partial charge on any atom is -0.408 e. The molecule has 1 heterocycles. The Hall–Kier alpha value is -0.390. The molecule has 1 spiro atoms. The molecule has 3 saturated carbocycles. The van der Waals surface area contributed by atoms with Crippen LogP contribution in [0.5, 0.6) is 0 Å².